The van der Waals surface area contributed by atoms with Gasteiger partial charge in [0.05, 0.1) is 19.3 Å². The average molecular weight is 238 g/mol. The summed E-state index contributed by atoms with van der Waals surface area (Å²) in [5, 5.41) is 12.2. The molecule has 0 saturated carbocycles. The molecule has 0 spiro atoms. The maximum absolute atomic E-state index is 11.7. The summed E-state index contributed by atoms with van der Waals surface area (Å²) >= 11 is 0. The summed E-state index contributed by atoms with van der Waals surface area (Å²) in [6.07, 6.45) is -0.675. The number of benzene rings is 1. The predicted octanol–water partition coefficient (Wildman–Crippen LogP) is 1.16. The molecule has 0 heterocycles. The molecule has 0 aliphatic rings. The number of aliphatic hydroxyl groups is 1. The Balaban J connectivity index is 2.42. The molecular weight excluding hydrogens is 220 g/mol. The van der Waals surface area contributed by atoms with Crippen LogP contribution in [-0.4, -0.2) is 49.5 Å². The quantitative estimate of drug-likeness (QED) is 0.809. The van der Waals surface area contributed by atoms with E-state index in [1.54, 1.807) is 19.2 Å². The molecule has 0 aromatic heterocycles. The van der Waals surface area contributed by atoms with E-state index in [1.165, 1.54) is 12.0 Å². The van der Waals surface area contributed by atoms with Crippen LogP contribution in [-0.2, 0) is 4.74 Å². The third-order valence-electron chi connectivity index (χ3n) is 2.22. The van der Waals surface area contributed by atoms with Gasteiger partial charge in [-0.05, 0) is 12.1 Å². The normalized spacial score (nSPS) is 11.9. The first-order valence-electron chi connectivity index (χ1n) is 5.37. The van der Waals surface area contributed by atoms with E-state index in [1.807, 2.05) is 18.2 Å². The molecule has 0 bridgehead atoms. The number of nitrogens with zero attached hydrogens (tertiary/aromatic N) is 1. The Morgan fingerprint density at radius 3 is 2.71 bits per heavy atom. The summed E-state index contributed by atoms with van der Waals surface area (Å²) in [5.41, 5.74) is 0.727. The Morgan fingerprint density at radius 2 is 2.12 bits per heavy atom. The molecule has 2 N–H and O–H groups in total. The first kappa shape index (κ1) is 13.5. The van der Waals surface area contributed by atoms with Crippen molar-refractivity contribution in [3.63, 3.8) is 0 Å². The smallest absolute Gasteiger partial charge is 0.321 e. The van der Waals surface area contributed by atoms with Crippen LogP contribution in [0.1, 0.15) is 0 Å². The van der Waals surface area contributed by atoms with Crippen LogP contribution in [0.2, 0.25) is 0 Å². The predicted molar refractivity (Wildman–Crippen MR) is 66.0 cm³/mol. The summed E-state index contributed by atoms with van der Waals surface area (Å²) in [6, 6.07) is 8.91. The minimum Gasteiger partial charge on any atom is -0.389 e. The van der Waals surface area contributed by atoms with Crippen LogP contribution in [0.25, 0.3) is 0 Å². The topological polar surface area (TPSA) is 61.8 Å². The number of ether oxygens (including phenoxy) is 1. The Hall–Kier alpha value is -1.59. The van der Waals surface area contributed by atoms with Crippen molar-refractivity contribution in [2.24, 2.45) is 0 Å². The lowest BCUT2D eigenvalue weighted by molar-refractivity contribution is 0.0501. The second-order valence-corrected chi connectivity index (χ2v) is 3.79. The van der Waals surface area contributed by atoms with Gasteiger partial charge in [-0.25, -0.2) is 4.79 Å². The Labute approximate surface area is 101 Å². The first-order valence-corrected chi connectivity index (χ1v) is 5.37. The maximum Gasteiger partial charge on any atom is 0.321 e. The number of aliphatic hydroxyl groups excluding tert-OH is 1. The van der Waals surface area contributed by atoms with Crippen LogP contribution >= 0.6 is 0 Å². The first-order chi connectivity index (χ1) is 8.13. The van der Waals surface area contributed by atoms with Crippen molar-refractivity contribution in [3.05, 3.63) is 30.3 Å². The van der Waals surface area contributed by atoms with E-state index in [2.05, 4.69) is 5.32 Å². The van der Waals surface area contributed by atoms with Crippen LogP contribution in [0, 0.1) is 0 Å². The van der Waals surface area contributed by atoms with Gasteiger partial charge >= 0.3 is 6.03 Å². The van der Waals surface area contributed by atoms with Gasteiger partial charge < -0.3 is 20.1 Å². The molecule has 2 amide bonds. The summed E-state index contributed by atoms with van der Waals surface area (Å²) in [7, 11) is 3.13. The van der Waals surface area contributed by atoms with Crippen LogP contribution in [0.4, 0.5) is 10.5 Å². The van der Waals surface area contributed by atoms with E-state index < -0.39 is 6.10 Å². The summed E-state index contributed by atoms with van der Waals surface area (Å²) in [6.45, 7) is 0.440. The van der Waals surface area contributed by atoms with E-state index in [0.29, 0.717) is 0 Å². The van der Waals surface area contributed by atoms with Gasteiger partial charge in [0.1, 0.15) is 0 Å². The highest BCUT2D eigenvalue weighted by Crippen LogP contribution is 2.06. The summed E-state index contributed by atoms with van der Waals surface area (Å²) < 4.78 is 4.79. The van der Waals surface area contributed by atoms with Crippen molar-refractivity contribution in [2.75, 3.05) is 32.6 Å². The minimum atomic E-state index is -0.675. The van der Waals surface area contributed by atoms with Gasteiger partial charge in [0, 0.05) is 19.8 Å². The fourth-order valence-corrected chi connectivity index (χ4v) is 1.38. The van der Waals surface area contributed by atoms with E-state index in [0.717, 1.165) is 5.69 Å². The Bertz CT molecular complexity index is 343. The minimum absolute atomic E-state index is 0.211. The number of amides is 2. The van der Waals surface area contributed by atoms with Crippen LogP contribution < -0.4 is 5.32 Å². The van der Waals surface area contributed by atoms with Crippen molar-refractivity contribution in [3.8, 4) is 0 Å². The zero-order valence-electron chi connectivity index (χ0n) is 10.1. The van der Waals surface area contributed by atoms with E-state index in [-0.39, 0.29) is 19.2 Å². The number of rotatable bonds is 5. The van der Waals surface area contributed by atoms with Crippen molar-refractivity contribution in [1.82, 2.24) is 4.90 Å². The number of likely N-dealkylation sites (N-methyl/N-ethyl adjacent to an activating group) is 1. The SMILES string of the molecule is COCC(O)CN(C)C(=O)Nc1ccccc1. The Morgan fingerprint density at radius 1 is 1.47 bits per heavy atom. The molecule has 1 aromatic carbocycles. The van der Waals surface area contributed by atoms with E-state index in [9.17, 15) is 9.90 Å². The monoisotopic (exact) mass is 238 g/mol. The molecule has 94 valence electrons. The number of carbonyl (C=O) groups is 1. The average Bonchev–Trinajstić information content (AvgIpc) is 2.30. The van der Waals surface area contributed by atoms with Crippen molar-refractivity contribution in [2.45, 2.75) is 6.10 Å². The Kier molecular flexibility index (Phi) is 5.45. The lowest BCUT2D eigenvalue weighted by Crippen LogP contribution is -2.38. The second-order valence-electron chi connectivity index (χ2n) is 3.79. The fraction of sp³-hybridized carbons (Fsp3) is 0.417. The van der Waals surface area contributed by atoms with Crippen molar-refractivity contribution < 1.29 is 14.6 Å². The summed E-state index contributed by atoms with van der Waals surface area (Å²) in [4.78, 5) is 13.1. The zero-order chi connectivity index (χ0) is 12.7. The molecule has 17 heavy (non-hydrogen) atoms. The molecule has 0 saturated heterocycles. The van der Waals surface area contributed by atoms with Gasteiger partial charge in [-0.1, -0.05) is 18.2 Å². The standard InChI is InChI=1S/C12H18N2O3/c1-14(8-11(15)9-17-2)12(16)13-10-6-4-3-5-7-10/h3-7,11,15H,8-9H2,1-2H3,(H,13,16). The molecule has 5 nitrogen and oxygen atoms in total. The molecule has 1 aromatic rings. The molecule has 0 radical (unpaired) electrons. The van der Waals surface area contributed by atoms with Crippen LogP contribution in [0.5, 0.6) is 0 Å². The van der Waals surface area contributed by atoms with Gasteiger partial charge in [0.25, 0.3) is 0 Å². The number of para-hydroxylation sites is 1. The third kappa shape index (κ3) is 4.84. The fourth-order valence-electron chi connectivity index (χ4n) is 1.38. The van der Waals surface area contributed by atoms with Gasteiger partial charge in [-0.15, -0.1) is 0 Å². The van der Waals surface area contributed by atoms with Gasteiger partial charge in [0.15, 0.2) is 0 Å². The number of carbonyl (C=O) groups excluding carboxylic acids is 1. The summed E-state index contributed by atoms with van der Waals surface area (Å²) in [5.74, 6) is 0. The molecule has 1 rings (SSSR count). The van der Waals surface area contributed by atoms with Crippen molar-refractivity contribution >= 4 is 11.7 Å². The van der Waals surface area contributed by atoms with Crippen molar-refractivity contribution in [1.29, 1.82) is 0 Å². The molecule has 1 unspecified atom stereocenters. The van der Waals surface area contributed by atoms with Crippen LogP contribution in [0.15, 0.2) is 30.3 Å². The molecule has 5 heteroatoms. The molecule has 0 aliphatic carbocycles. The molecule has 0 fully saturated rings. The highest BCUT2D eigenvalue weighted by Gasteiger charge is 2.13. The number of hydrogen-bond donors (Lipinski definition) is 2. The third-order valence-corrected chi connectivity index (χ3v) is 2.22. The number of nitrogens with one attached hydrogen (secondary N) is 1. The molecule has 1 atom stereocenters. The van der Waals surface area contributed by atoms with E-state index in [4.69, 9.17) is 4.74 Å². The van der Waals surface area contributed by atoms with E-state index >= 15 is 0 Å². The zero-order valence-corrected chi connectivity index (χ0v) is 10.1. The highest BCUT2D eigenvalue weighted by molar-refractivity contribution is 5.89. The largest absolute Gasteiger partial charge is 0.389 e. The number of hydrogen-bond acceptors (Lipinski definition) is 3. The highest BCUT2D eigenvalue weighted by atomic mass is 16.5. The lowest BCUT2D eigenvalue weighted by Gasteiger charge is -2.20. The van der Waals surface area contributed by atoms with Crippen LogP contribution in [0.3, 0.4) is 0 Å². The van der Waals surface area contributed by atoms with Gasteiger partial charge in [0.2, 0.25) is 0 Å². The van der Waals surface area contributed by atoms with Gasteiger partial charge in [-0.2, -0.15) is 0 Å². The molecule has 0 aliphatic heterocycles. The lowest BCUT2D eigenvalue weighted by atomic mass is 10.3. The molecular formula is C12H18N2O3. The second kappa shape index (κ2) is 6.88. The number of urea groups is 1. The number of methoxy groups -OCH3 is 1. The number of anilines is 1. The van der Waals surface area contributed by atoms with Gasteiger partial charge in [-0.3, -0.25) is 0 Å². The maximum atomic E-state index is 11.7.